The number of hydrogen-bond donors (Lipinski definition) is 1. The van der Waals surface area contributed by atoms with Gasteiger partial charge in [-0.05, 0) is 37.5 Å². The molecule has 1 N–H and O–H groups in total. The van der Waals surface area contributed by atoms with Crippen LogP contribution in [-0.4, -0.2) is 75.5 Å². The minimum atomic E-state index is -3.13. The van der Waals surface area contributed by atoms with E-state index in [0.29, 0.717) is 12.1 Å². The monoisotopic (exact) mass is 466 g/mol. The Morgan fingerprint density at radius 1 is 0.938 bits per heavy atom. The maximum absolute atomic E-state index is 13.2. The summed E-state index contributed by atoms with van der Waals surface area (Å²) in [6.07, 6.45) is 5.35. The zero-order valence-electron chi connectivity index (χ0n) is 18.5. The molecule has 9 nitrogen and oxygen atoms in total. The Morgan fingerprint density at radius 2 is 1.53 bits per heavy atom. The Kier molecular flexibility index (Phi) is 7.76. The molecule has 1 aromatic rings. The van der Waals surface area contributed by atoms with Gasteiger partial charge in [0, 0.05) is 17.8 Å². The number of nitrogens with one attached hydrogen (secondary N) is 1. The molecule has 1 saturated carbocycles. The summed E-state index contributed by atoms with van der Waals surface area (Å²) in [4.78, 5) is 39.0. The van der Waals surface area contributed by atoms with E-state index in [1.165, 1.54) is 32.4 Å². The van der Waals surface area contributed by atoms with Crippen LogP contribution in [0.3, 0.4) is 0 Å². The van der Waals surface area contributed by atoms with E-state index in [2.05, 4.69) is 5.32 Å². The number of rotatable bonds is 7. The first-order chi connectivity index (χ1) is 15.2. The van der Waals surface area contributed by atoms with Crippen molar-refractivity contribution in [3.05, 3.63) is 29.3 Å². The number of amides is 1. The minimum Gasteiger partial charge on any atom is -0.465 e. The number of ether oxygens (including phenoxy) is 2. The lowest BCUT2D eigenvalue weighted by Crippen LogP contribution is -2.50. The summed E-state index contributed by atoms with van der Waals surface area (Å²) >= 11 is 0. The van der Waals surface area contributed by atoms with E-state index in [1.807, 2.05) is 0 Å². The largest absolute Gasteiger partial charge is 0.465 e. The summed E-state index contributed by atoms with van der Waals surface area (Å²) in [7, 11) is -0.658. The van der Waals surface area contributed by atoms with Crippen molar-refractivity contribution >= 4 is 33.4 Å². The summed E-state index contributed by atoms with van der Waals surface area (Å²) < 4.78 is 33.6. The number of esters is 2. The van der Waals surface area contributed by atoms with Crippen molar-refractivity contribution in [1.82, 2.24) is 4.90 Å². The van der Waals surface area contributed by atoms with Crippen LogP contribution in [0.1, 0.15) is 59.2 Å². The van der Waals surface area contributed by atoms with Crippen molar-refractivity contribution in [2.45, 2.75) is 50.6 Å². The second-order valence-corrected chi connectivity index (χ2v) is 10.5. The van der Waals surface area contributed by atoms with Gasteiger partial charge in [0.15, 0.2) is 9.84 Å². The number of hydrogen-bond acceptors (Lipinski definition) is 8. The third kappa shape index (κ3) is 5.79. The fraction of sp³-hybridized carbons (Fsp3) is 0.591. The first-order valence-electron chi connectivity index (χ1n) is 10.8. The Labute approximate surface area is 188 Å². The molecule has 32 heavy (non-hydrogen) atoms. The molecule has 1 aliphatic heterocycles. The fourth-order valence-electron chi connectivity index (χ4n) is 4.53. The molecule has 3 rings (SSSR count). The van der Waals surface area contributed by atoms with Gasteiger partial charge in [-0.25, -0.2) is 18.0 Å². The molecule has 1 unspecified atom stereocenters. The lowest BCUT2D eigenvalue weighted by molar-refractivity contribution is -0.134. The molecule has 1 atom stereocenters. The molecule has 0 aromatic heterocycles. The highest BCUT2D eigenvalue weighted by molar-refractivity contribution is 7.91. The van der Waals surface area contributed by atoms with Crippen LogP contribution in [0, 0.1) is 0 Å². The number of sulfone groups is 1. The molecule has 2 aliphatic rings. The van der Waals surface area contributed by atoms with Gasteiger partial charge in [-0.3, -0.25) is 4.79 Å². The van der Waals surface area contributed by atoms with E-state index < -0.39 is 21.8 Å². The molecule has 2 fully saturated rings. The Balaban J connectivity index is 1.79. The summed E-state index contributed by atoms with van der Waals surface area (Å²) in [6.45, 7) is -0.0850. The summed E-state index contributed by atoms with van der Waals surface area (Å²) in [5, 5.41) is 2.99. The quantitative estimate of drug-likeness (QED) is 0.606. The highest BCUT2D eigenvalue weighted by atomic mass is 32.2. The fourth-order valence-corrected chi connectivity index (χ4v) is 6.24. The Bertz CT molecular complexity index is 936. The van der Waals surface area contributed by atoms with Crippen LogP contribution in [-0.2, 0) is 24.1 Å². The van der Waals surface area contributed by atoms with Gasteiger partial charge in [-0.15, -0.1) is 0 Å². The van der Waals surface area contributed by atoms with E-state index in [1.54, 1.807) is 4.90 Å². The van der Waals surface area contributed by atoms with Gasteiger partial charge in [-0.1, -0.05) is 19.3 Å². The van der Waals surface area contributed by atoms with Crippen molar-refractivity contribution in [2.24, 2.45) is 0 Å². The van der Waals surface area contributed by atoms with Gasteiger partial charge in [0.25, 0.3) is 0 Å². The van der Waals surface area contributed by atoms with Crippen LogP contribution in [0.25, 0.3) is 0 Å². The first kappa shape index (κ1) is 24.0. The van der Waals surface area contributed by atoms with E-state index >= 15 is 0 Å². The average molecular weight is 467 g/mol. The number of anilines is 1. The second kappa shape index (κ2) is 10.3. The summed E-state index contributed by atoms with van der Waals surface area (Å²) in [5.74, 6) is -1.33. The zero-order valence-corrected chi connectivity index (χ0v) is 19.3. The number of benzene rings is 1. The molecule has 1 heterocycles. The number of methoxy groups -OCH3 is 2. The third-order valence-corrected chi connectivity index (χ3v) is 7.83. The summed E-state index contributed by atoms with van der Waals surface area (Å²) in [6, 6.07) is 4.07. The molecule has 10 heteroatoms. The Morgan fingerprint density at radius 3 is 2.03 bits per heavy atom. The predicted octanol–water partition coefficient (Wildman–Crippen LogP) is 2.02. The lowest BCUT2D eigenvalue weighted by atomic mass is 9.93. The van der Waals surface area contributed by atoms with Crippen molar-refractivity contribution in [3.63, 3.8) is 0 Å². The van der Waals surface area contributed by atoms with Crippen LogP contribution < -0.4 is 5.32 Å². The molecule has 1 aromatic carbocycles. The molecule has 1 amide bonds. The number of carbonyl (C=O) groups excluding carboxylic acids is 3. The molecular formula is C22H30N2O7S. The van der Waals surface area contributed by atoms with Crippen LogP contribution in [0.15, 0.2) is 18.2 Å². The molecule has 176 valence electrons. The minimum absolute atomic E-state index is 0.000442. The average Bonchev–Trinajstić information content (AvgIpc) is 3.16. The van der Waals surface area contributed by atoms with E-state index in [4.69, 9.17) is 9.47 Å². The molecule has 0 spiro atoms. The van der Waals surface area contributed by atoms with Gasteiger partial charge in [0.2, 0.25) is 5.91 Å². The van der Waals surface area contributed by atoms with E-state index in [0.717, 1.165) is 32.1 Å². The smallest absolute Gasteiger partial charge is 0.337 e. The topological polar surface area (TPSA) is 119 Å². The van der Waals surface area contributed by atoms with Crippen molar-refractivity contribution in [3.8, 4) is 0 Å². The van der Waals surface area contributed by atoms with Gasteiger partial charge in [0.05, 0.1) is 43.4 Å². The van der Waals surface area contributed by atoms with Gasteiger partial charge in [-0.2, -0.15) is 0 Å². The van der Waals surface area contributed by atoms with Gasteiger partial charge in [0.1, 0.15) is 0 Å². The van der Waals surface area contributed by atoms with Crippen LogP contribution >= 0.6 is 0 Å². The Hall–Kier alpha value is -2.62. The molecule has 1 aliphatic carbocycles. The predicted molar refractivity (Wildman–Crippen MR) is 118 cm³/mol. The molecule has 0 radical (unpaired) electrons. The molecule has 1 saturated heterocycles. The normalized spacial score (nSPS) is 20.4. The zero-order chi connectivity index (χ0) is 23.3. The highest BCUT2D eigenvalue weighted by Crippen LogP contribution is 2.28. The molecular weight excluding hydrogens is 436 g/mol. The standard InChI is InChI=1S/C22H30N2O7S/c1-30-21(26)15-10-16(22(27)31-2)12-17(11-15)23-13-20(25)24(18-6-4-3-5-7-18)19-8-9-32(28,29)14-19/h10-12,18-19,23H,3-9,13-14H2,1-2H3. The van der Waals surface area contributed by atoms with Crippen LogP contribution in [0.5, 0.6) is 0 Å². The second-order valence-electron chi connectivity index (χ2n) is 8.29. The van der Waals surface area contributed by atoms with Crippen LogP contribution in [0.2, 0.25) is 0 Å². The maximum atomic E-state index is 13.2. The van der Waals surface area contributed by atoms with Crippen molar-refractivity contribution in [2.75, 3.05) is 37.6 Å². The number of carbonyl (C=O) groups is 3. The van der Waals surface area contributed by atoms with Crippen molar-refractivity contribution < 1.29 is 32.3 Å². The summed E-state index contributed by atoms with van der Waals surface area (Å²) in [5.41, 5.74) is 0.692. The highest BCUT2D eigenvalue weighted by Gasteiger charge is 2.38. The van der Waals surface area contributed by atoms with Crippen molar-refractivity contribution in [1.29, 1.82) is 0 Å². The molecule has 0 bridgehead atoms. The van der Waals surface area contributed by atoms with E-state index in [-0.39, 0.29) is 47.2 Å². The van der Waals surface area contributed by atoms with Crippen LogP contribution in [0.4, 0.5) is 5.69 Å². The van der Waals surface area contributed by atoms with Gasteiger partial charge >= 0.3 is 11.9 Å². The maximum Gasteiger partial charge on any atom is 0.337 e. The number of nitrogens with zero attached hydrogens (tertiary/aromatic N) is 1. The lowest BCUT2D eigenvalue weighted by Gasteiger charge is -2.38. The van der Waals surface area contributed by atoms with Gasteiger partial charge < -0.3 is 19.7 Å². The van der Waals surface area contributed by atoms with E-state index in [9.17, 15) is 22.8 Å². The third-order valence-electron chi connectivity index (χ3n) is 6.08. The SMILES string of the molecule is COC(=O)c1cc(NCC(=O)N(C2CCCCC2)C2CCS(=O)(=O)C2)cc(C(=O)OC)c1. The first-order valence-corrected chi connectivity index (χ1v) is 12.6.